The fourth-order valence-electron chi connectivity index (χ4n) is 2.02. The van der Waals surface area contributed by atoms with Gasteiger partial charge in [0.15, 0.2) is 11.0 Å². The van der Waals surface area contributed by atoms with Crippen LogP contribution >= 0.6 is 11.6 Å². The first-order valence-corrected chi connectivity index (χ1v) is 6.37. The molecule has 17 heavy (non-hydrogen) atoms. The molecule has 5 heteroatoms. The Bertz CT molecular complexity index is 411. The SMILES string of the molecule is CCC1CN(c2nnc(Cl)c(C)c2C)CCO1. The normalized spacial score (nSPS) is 20.7. The van der Waals surface area contributed by atoms with E-state index in [4.69, 9.17) is 16.3 Å². The van der Waals surface area contributed by atoms with Crippen LogP contribution in [0.15, 0.2) is 0 Å². The zero-order valence-electron chi connectivity index (χ0n) is 10.5. The highest BCUT2D eigenvalue weighted by molar-refractivity contribution is 6.30. The molecule has 0 radical (unpaired) electrons. The van der Waals surface area contributed by atoms with Crippen molar-refractivity contribution in [2.45, 2.75) is 33.3 Å². The van der Waals surface area contributed by atoms with Crippen LogP contribution in [0.25, 0.3) is 0 Å². The number of anilines is 1. The third-order valence-electron chi connectivity index (χ3n) is 3.33. The van der Waals surface area contributed by atoms with Gasteiger partial charge in [-0.15, -0.1) is 10.2 Å². The van der Waals surface area contributed by atoms with Crippen LogP contribution in [0.3, 0.4) is 0 Å². The zero-order chi connectivity index (χ0) is 12.4. The molecule has 0 aliphatic carbocycles. The van der Waals surface area contributed by atoms with Crippen LogP contribution in [0.4, 0.5) is 5.82 Å². The number of aromatic nitrogens is 2. The van der Waals surface area contributed by atoms with E-state index < -0.39 is 0 Å². The first kappa shape index (κ1) is 12.6. The van der Waals surface area contributed by atoms with Gasteiger partial charge >= 0.3 is 0 Å². The number of morpholine rings is 1. The minimum Gasteiger partial charge on any atom is -0.375 e. The van der Waals surface area contributed by atoms with Gasteiger partial charge < -0.3 is 9.64 Å². The maximum absolute atomic E-state index is 5.96. The van der Waals surface area contributed by atoms with Crippen LogP contribution in [0.1, 0.15) is 24.5 Å². The van der Waals surface area contributed by atoms with Crippen LogP contribution in [-0.2, 0) is 4.74 Å². The Balaban J connectivity index is 2.25. The van der Waals surface area contributed by atoms with E-state index in [2.05, 4.69) is 22.0 Å². The summed E-state index contributed by atoms with van der Waals surface area (Å²) in [5.41, 5.74) is 2.12. The lowest BCUT2D eigenvalue weighted by Gasteiger charge is -2.34. The second-order valence-electron chi connectivity index (χ2n) is 4.41. The van der Waals surface area contributed by atoms with Gasteiger partial charge in [0.1, 0.15) is 0 Å². The number of rotatable bonds is 2. The summed E-state index contributed by atoms with van der Waals surface area (Å²) < 4.78 is 5.66. The lowest BCUT2D eigenvalue weighted by molar-refractivity contribution is 0.0381. The van der Waals surface area contributed by atoms with Crippen molar-refractivity contribution in [2.24, 2.45) is 0 Å². The van der Waals surface area contributed by atoms with E-state index in [1.165, 1.54) is 0 Å². The molecule has 1 unspecified atom stereocenters. The lowest BCUT2D eigenvalue weighted by atomic mass is 10.1. The Labute approximate surface area is 107 Å². The van der Waals surface area contributed by atoms with Crippen molar-refractivity contribution in [3.05, 3.63) is 16.3 Å². The molecule has 1 aromatic rings. The standard InChI is InChI=1S/C12H18ClN3O/c1-4-10-7-16(5-6-17-10)12-9(3)8(2)11(13)14-15-12/h10H,4-7H2,1-3H3. The average molecular weight is 256 g/mol. The number of hydrogen-bond acceptors (Lipinski definition) is 4. The average Bonchev–Trinajstić information content (AvgIpc) is 2.36. The summed E-state index contributed by atoms with van der Waals surface area (Å²) in [6, 6.07) is 0. The largest absolute Gasteiger partial charge is 0.375 e. The monoisotopic (exact) mass is 255 g/mol. The van der Waals surface area contributed by atoms with E-state index in [0.29, 0.717) is 11.3 Å². The molecule has 1 saturated heterocycles. The van der Waals surface area contributed by atoms with Gasteiger partial charge in [0, 0.05) is 13.1 Å². The van der Waals surface area contributed by atoms with Crippen molar-refractivity contribution in [3.8, 4) is 0 Å². The number of hydrogen-bond donors (Lipinski definition) is 0. The first-order chi connectivity index (χ1) is 8.13. The van der Waals surface area contributed by atoms with Crippen molar-refractivity contribution in [1.82, 2.24) is 10.2 Å². The van der Waals surface area contributed by atoms with Gasteiger partial charge in [-0.05, 0) is 31.4 Å². The summed E-state index contributed by atoms with van der Waals surface area (Å²) in [7, 11) is 0. The first-order valence-electron chi connectivity index (χ1n) is 5.99. The second-order valence-corrected chi connectivity index (χ2v) is 4.77. The predicted molar refractivity (Wildman–Crippen MR) is 68.8 cm³/mol. The quantitative estimate of drug-likeness (QED) is 0.813. The van der Waals surface area contributed by atoms with Crippen LogP contribution in [-0.4, -0.2) is 36.0 Å². The predicted octanol–water partition coefficient (Wildman–Crippen LogP) is 2.36. The molecular weight excluding hydrogens is 238 g/mol. The topological polar surface area (TPSA) is 38.2 Å². The van der Waals surface area contributed by atoms with Crippen molar-refractivity contribution in [3.63, 3.8) is 0 Å². The van der Waals surface area contributed by atoms with E-state index >= 15 is 0 Å². The molecule has 2 rings (SSSR count). The van der Waals surface area contributed by atoms with E-state index in [0.717, 1.165) is 43.1 Å². The van der Waals surface area contributed by atoms with Gasteiger partial charge in [-0.2, -0.15) is 0 Å². The van der Waals surface area contributed by atoms with Crippen LogP contribution in [0.2, 0.25) is 5.15 Å². The van der Waals surface area contributed by atoms with E-state index in [1.807, 2.05) is 13.8 Å². The molecule has 0 bridgehead atoms. The highest BCUT2D eigenvalue weighted by Crippen LogP contribution is 2.25. The fourth-order valence-corrected chi connectivity index (χ4v) is 2.20. The zero-order valence-corrected chi connectivity index (χ0v) is 11.3. The van der Waals surface area contributed by atoms with E-state index in [-0.39, 0.29) is 0 Å². The minimum absolute atomic E-state index is 0.293. The van der Waals surface area contributed by atoms with Gasteiger partial charge in [-0.3, -0.25) is 0 Å². The van der Waals surface area contributed by atoms with Gasteiger partial charge in [0.2, 0.25) is 0 Å². The van der Waals surface area contributed by atoms with Crippen molar-refractivity contribution >= 4 is 17.4 Å². The number of ether oxygens (including phenoxy) is 1. The Morgan fingerprint density at radius 2 is 2.12 bits per heavy atom. The molecule has 4 nitrogen and oxygen atoms in total. The molecule has 1 aliphatic heterocycles. The summed E-state index contributed by atoms with van der Waals surface area (Å²) >= 11 is 5.96. The van der Waals surface area contributed by atoms with Crippen molar-refractivity contribution < 1.29 is 4.74 Å². The van der Waals surface area contributed by atoms with E-state index in [1.54, 1.807) is 0 Å². The smallest absolute Gasteiger partial charge is 0.155 e. The number of nitrogens with zero attached hydrogens (tertiary/aromatic N) is 3. The summed E-state index contributed by atoms with van der Waals surface area (Å²) in [5.74, 6) is 0.939. The molecule has 0 amide bonds. The molecule has 1 aliphatic rings. The molecule has 1 aromatic heterocycles. The summed E-state index contributed by atoms with van der Waals surface area (Å²) in [6.45, 7) is 8.66. The van der Waals surface area contributed by atoms with Crippen molar-refractivity contribution in [2.75, 3.05) is 24.6 Å². The molecule has 94 valence electrons. The number of halogens is 1. The highest BCUT2D eigenvalue weighted by atomic mass is 35.5. The fraction of sp³-hybridized carbons (Fsp3) is 0.667. The van der Waals surface area contributed by atoms with Crippen LogP contribution in [0.5, 0.6) is 0 Å². The van der Waals surface area contributed by atoms with E-state index in [9.17, 15) is 0 Å². The lowest BCUT2D eigenvalue weighted by Crippen LogP contribution is -2.43. The van der Waals surface area contributed by atoms with Gasteiger partial charge in [0.05, 0.1) is 12.7 Å². The summed E-state index contributed by atoms with van der Waals surface area (Å²) in [6.07, 6.45) is 1.32. The minimum atomic E-state index is 0.293. The Morgan fingerprint density at radius 3 is 2.82 bits per heavy atom. The van der Waals surface area contributed by atoms with Crippen LogP contribution in [0, 0.1) is 13.8 Å². The Kier molecular flexibility index (Phi) is 3.84. The maximum Gasteiger partial charge on any atom is 0.155 e. The second kappa shape index (κ2) is 5.19. The highest BCUT2D eigenvalue weighted by Gasteiger charge is 2.22. The third kappa shape index (κ3) is 2.53. The van der Waals surface area contributed by atoms with Gasteiger partial charge in [-0.25, -0.2) is 0 Å². The van der Waals surface area contributed by atoms with Crippen LogP contribution < -0.4 is 4.90 Å². The third-order valence-corrected chi connectivity index (χ3v) is 3.69. The molecule has 1 fully saturated rings. The van der Waals surface area contributed by atoms with Crippen molar-refractivity contribution in [1.29, 1.82) is 0 Å². The molecule has 0 aromatic carbocycles. The Hall–Kier alpha value is -0.870. The van der Waals surface area contributed by atoms with Gasteiger partial charge in [-0.1, -0.05) is 18.5 Å². The summed E-state index contributed by atoms with van der Waals surface area (Å²) in [5, 5.41) is 8.71. The molecule has 0 saturated carbocycles. The van der Waals surface area contributed by atoms with Gasteiger partial charge in [0.25, 0.3) is 0 Å². The molecule has 0 spiro atoms. The summed E-state index contributed by atoms with van der Waals surface area (Å²) in [4.78, 5) is 2.24. The maximum atomic E-state index is 5.96. The molecule has 2 heterocycles. The molecule has 1 atom stereocenters. The molecular formula is C12H18ClN3O. The Morgan fingerprint density at radius 1 is 1.35 bits per heavy atom. The molecule has 0 N–H and O–H groups in total.